The maximum absolute atomic E-state index is 13.0. The molecule has 0 N–H and O–H groups in total. The highest BCUT2D eigenvalue weighted by molar-refractivity contribution is 6.18. The Kier molecular flexibility index (Phi) is 4.17. The maximum atomic E-state index is 13.0. The fourth-order valence-corrected chi connectivity index (χ4v) is 2.46. The Morgan fingerprint density at radius 2 is 1.78 bits per heavy atom. The van der Waals surface area contributed by atoms with Gasteiger partial charge >= 0.3 is 0 Å². The van der Waals surface area contributed by atoms with E-state index in [0.717, 1.165) is 31.0 Å². The first-order chi connectivity index (χ1) is 8.60. The van der Waals surface area contributed by atoms with Crippen LogP contribution in [0, 0.1) is 17.6 Å². The van der Waals surface area contributed by atoms with Gasteiger partial charge in [0.2, 0.25) is 0 Å². The lowest BCUT2D eigenvalue weighted by molar-refractivity contribution is 0.0697. The second-order valence-electron chi connectivity index (χ2n) is 4.55. The van der Waals surface area contributed by atoms with E-state index in [1.807, 2.05) is 0 Å². The van der Waals surface area contributed by atoms with Crippen molar-refractivity contribution in [1.82, 2.24) is 4.90 Å². The molecule has 1 amide bonds. The van der Waals surface area contributed by atoms with E-state index >= 15 is 0 Å². The Labute approximate surface area is 110 Å². The molecule has 0 radical (unpaired) electrons. The summed E-state index contributed by atoms with van der Waals surface area (Å²) in [5.41, 5.74) is 0.0665. The zero-order chi connectivity index (χ0) is 13.1. The summed E-state index contributed by atoms with van der Waals surface area (Å²) >= 11 is 5.76. The summed E-state index contributed by atoms with van der Waals surface area (Å²) in [5.74, 6) is -0.749. The van der Waals surface area contributed by atoms with E-state index in [-0.39, 0.29) is 11.5 Å². The molecule has 18 heavy (non-hydrogen) atoms. The monoisotopic (exact) mass is 273 g/mol. The molecule has 0 saturated carbocycles. The summed E-state index contributed by atoms with van der Waals surface area (Å²) in [4.78, 5) is 13.7. The van der Waals surface area contributed by atoms with Gasteiger partial charge in [-0.25, -0.2) is 8.78 Å². The third-order valence-electron chi connectivity index (χ3n) is 3.23. The Morgan fingerprint density at radius 1 is 1.22 bits per heavy atom. The molecule has 1 fully saturated rings. The van der Waals surface area contributed by atoms with Crippen LogP contribution in [-0.4, -0.2) is 29.8 Å². The van der Waals surface area contributed by atoms with Crippen LogP contribution in [0.25, 0.3) is 0 Å². The predicted octanol–water partition coefficient (Wildman–Crippen LogP) is 3.06. The number of amides is 1. The Balaban J connectivity index is 2.07. The van der Waals surface area contributed by atoms with Crippen LogP contribution in [0.1, 0.15) is 23.2 Å². The van der Waals surface area contributed by atoms with Crippen LogP contribution in [0.5, 0.6) is 0 Å². The number of carbonyl (C=O) groups excluding carboxylic acids is 1. The van der Waals surface area contributed by atoms with E-state index in [1.165, 1.54) is 0 Å². The van der Waals surface area contributed by atoms with Crippen LogP contribution in [-0.2, 0) is 0 Å². The zero-order valence-corrected chi connectivity index (χ0v) is 10.6. The Morgan fingerprint density at radius 3 is 2.28 bits per heavy atom. The average Bonchev–Trinajstić information content (AvgIpc) is 2.37. The Bertz CT molecular complexity index is 424. The van der Waals surface area contributed by atoms with Crippen molar-refractivity contribution in [2.45, 2.75) is 12.8 Å². The molecule has 98 valence electrons. The van der Waals surface area contributed by atoms with Gasteiger partial charge < -0.3 is 4.90 Å². The summed E-state index contributed by atoms with van der Waals surface area (Å²) in [5, 5.41) is 0. The van der Waals surface area contributed by atoms with Gasteiger partial charge in [0.1, 0.15) is 11.6 Å². The zero-order valence-electron chi connectivity index (χ0n) is 9.83. The molecule has 1 heterocycles. The smallest absolute Gasteiger partial charge is 0.254 e. The largest absolute Gasteiger partial charge is 0.339 e. The van der Waals surface area contributed by atoms with Gasteiger partial charge in [-0.3, -0.25) is 4.79 Å². The summed E-state index contributed by atoms with van der Waals surface area (Å²) in [6, 6.07) is 2.90. The SMILES string of the molecule is O=C(c1cc(F)cc(F)c1)N1CCC(CCl)CC1. The van der Waals surface area contributed by atoms with Crippen molar-refractivity contribution in [3.8, 4) is 0 Å². The first kappa shape index (κ1) is 13.3. The molecule has 0 atom stereocenters. The number of hydrogen-bond donors (Lipinski definition) is 0. The lowest BCUT2D eigenvalue weighted by atomic mass is 9.98. The van der Waals surface area contributed by atoms with Gasteiger partial charge in [0, 0.05) is 30.6 Å². The molecule has 1 aliphatic rings. The molecule has 0 bridgehead atoms. The molecule has 1 aromatic carbocycles. The van der Waals surface area contributed by atoms with Crippen LogP contribution >= 0.6 is 11.6 Å². The molecule has 2 rings (SSSR count). The standard InChI is InChI=1S/C13H14ClF2NO/c14-8-9-1-3-17(4-2-9)13(18)10-5-11(15)7-12(16)6-10/h5-7,9H,1-4,8H2. The van der Waals surface area contributed by atoms with Crippen LogP contribution in [0.4, 0.5) is 8.78 Å². The summed E-state index contributed by atoms with van der Waals surface area (Å²) in [7, 11) is 0. The average molecular weight is 274 g/mol. The third-order valence-corrected chi connectivity index (χ3v) is 3.67. The summed E-state index contributed by atoms with van der Waals surface area (Å²) in [6.07, 6.45) is 1.68. The molecule has 0 unspecified atom stereocenters. The highest BCUT2D eigenvalue weighted by atomic mass is 35.5. The van der Waals surface area contributed by atoms with Gasteiger partial charge in [0.25, 0.3) is 5.91 Å². The van der Waals surface area contributed by atoms with Crippen molar-refractivity contribution in [3.63, 3.8) is 0 Å². The second kappa shape index (κ2) is 5.65. The first-order valence-electron chi connectivity index (χ1n) is 5.91. The maximum Gasteiger partial charge on any atom is 0.254 e. The normalized spacial score (nSPS) is 16.9. The van der Waals surface area contributed by atoms with Crippen molar-refractivity contribution in [2.24, 2.45) is 5.92 Å². The number of alkyl halides is 1. The van der Waals surface area contributed by atoms with Gasteiger partial charge in [0.05, 0.1) is 0 Å². The highest BCUT2D eigenvalue weighted by Gasteiger charge is 2.23. The first-order valence-corrected chi connectivity index (χ1v) is 6.45. The number of carbonyl (C=O) groups is 1. The molecule has 0 aliphatic carbocycles. The molecule has 5 heteroatoms. The van der Waals surface area contributed by atoms with Crippen molar-refractivity contribution < 1.29 is 13.6 Å². The number of benzene rings is 1. The molecule has 2 nitrogen and oxygen atoms in total. The third kappa shape index (κ3) is 2.99. The van der Waals surface area contributed by atoms with E-state index in [2.05, 4.69) is 0 Å². The fourth-order valence-electron chi connectivity index (χ4n) is 2.15. The van der Waals surface area contributed by atoms with E-state index in [0.29, 0.717) is 24.9 Å². The topological polar surface area (TPSA) is 20.3 Å². The number of rotatable bonds is 2. The van der Waals surface area contributed by atoms with Crippen LogP contribution in [0.2, 0.25) is 0 Å². The summed E-state index contributed by atoms with van der Waals surface area (Å²) in [6.45, 7) is 1.18. The van der Waals surface area contributed by atoms with Crippen LogP contribution < -0.4 is 0 Å². The number of likely N-dealkylation sites (tertiary alicyclic amines) is 1. The van der Waals surface area contributed by atoms with Crippen LogP contribution in [0.15, 0.2) is 18.2 Å². The number of piperidine rings is 1. The van der Waals surface area contributed by atoms with E-state index in [4.69, 9.17) is 11.6 Å². The molecule has 0 aromatic heterocycles. The predicted molar refractivity (Wildman–Crippen MR) is 65.7 cm³/mol. The minimum atomic E-state index is -0.728. The molecule has 1 aromatic rings. The molecular weight excluding hydrogens is 260 g/mol. The van der Waals surface area contributed by atoms with E-state index in [1.54, 1.807) is 4.90 Å². The highest BCUT2D eigenvalue weighted by Crippen LogP contribution is 2.20. The molecule has 1 aliphatic heterocycles. The number of halogens is 3. The van der Waals surface area contributed by atoms with Crippen molar-refractivity contribution >= 4 is 17.5 Å². The van der Waals surface area contributed by atoms with Crippen LogP contribution in [0.3, 0.4) is 0 Å². The quantitative estimate of drug-likeness (QED) is 0.759. The van der Waals surface area contributed by atoms with Gasteiger partial charge in [-0.1, -0.05) is 0 Å². The van der Waals surface area contributed by atoms with Crippen molar-refractivity contribution in [2.75, 3.05) is 19.0 Å². The van der Waals surface area contributed by atoms with Gasteiger partial charge in [-0.05, 0) is 30.9 Å². The van der Waals surface area contributed by atoms with Crippen molar-refractivity contribution in [3.05, 3.63) is 35.4 Å². The fraction of sp³-hybridized carbons (Fsp3) is 0.462. The molecule has 1 saturated heterocycles. The van der Waals surface area contributed by atoms with E-state index in [9.17, 15) is 13.6 Å². The lowest BCUT2D eigenvalue weighted by Crippen LogP contribution is -2.38. The number of nitrogens with zero attached hydrogens (tertiary/aromatic N) is 1. The lowest BCUT2D eigenvalue weighted by Gasteiger charge is -2.31. The van der Waals surface area contributed by atoms with Gasteiger partial charge in [-0.2, -0.15) is 0 Å². The minimum Gasteiger partial charge on any atom is -0.339 e. The van der Waals surface area contributed by atoms with Crippen molar-refractivity contribution in [1.29, 1.82) is 0 Å². The minimum absolute atomic E-state index is 0.0665. The van der Waals surface area contributed by atoms with Gasteiger partial charge in [0.15, 0.2) is 0 Å². The molecular formula is C13H14ClF2NO. The second-order valence-corrected chi connectivity index (χ2v) is 4.86. The van der Waals surface area contributed by atoms with E-state index < -0.39 is 11.6 Å². The summed E-state index contributed by atoms with van der Waals surface area (Å²) < 4.78 is 26.1. The number of hydrogen-bond acceptors (Lipinski definition) is 1. The van der Waals surface area contributed by atoms with Gasteiger partial charge in [-0.15, -0.1) is 11.6 Å². The molecule has 0 spiro atoms. The Hall–Kier alpha value is -1.16.